The standard InChI is InChI=1S/C19H11Cl3N2O/c20-11-3-1-10(2-4-11)14-8-15-17(23)9-25-19(15)24-18(14)13-6-5-12(21)7-16(13)22/h1-9H,23H2. The first-order chi connectivity index (χ1) is 12.0. The molecule has 124 valence electrons. The van der Waals surface area contributed by atoms with E-state index in [0.29, 0.717) is 32.2 Å². The molecule has 0 aliphatic carbocycles. The van der Waals surface area contributed by atoms with E-state index in [-0.39, 0.29) is 0 Å². The fourth-order valence-electron chi connectivity index (χ4n) is 2.71. The number of hydrogen-bond acceptors (Lipinski definition) is 3. The summed E-state index contributed by atoms with van der Waals surface area (Å²) in [5.74, 6) is 0. The number of hydrogen-bond donors (Lipinski definition) is 1. The van der Waals surface area contributed by atoms with Crippen molar-refractivity contribution in [1.82, 2.24) is 4.98 Å². The van der Waals surface area contributed by atoms with E-state index in [1.54, 1.807) is 12.1 Å². The minimum Gasteiger partial charge on any atom is -0.444 e. The van der Waals surface area contributed by atoms with Crippen LogP contribution in [0.3, 0.4) is 0 Å². The highest BCUT2D eigenvalue weighted by Gasteiger charge is 2.17. The van der Waals surface area contributed by atoms with E-state index in [1.165, 1.54) is 6.26 Å². The predicted molar refractivity (Wildman–Crippen MR) is 104 cm³/mol. The van der Waals surface area contributed by atoms with Crippen LogP contribution in [0.5, 0.6) is 0 Å². The van der Waals surface area contributed by atoms with Gasteiger partial charge in [-0.2, -0.15) is 0 Å². The van der Waals surface area contributed by atoms with Crippen LogP contribution in [0.25, 0.3) is 33.5 Å². The molecule has 0 unspecified atom stereocenters. The first kappa shape index (κ1) is 16.3. The number of anilines is 1. The van der Waals surface area contributed by atoms with E-state index in [0.717, 1.165) is 22.1 Å². The maximum atomic E-state index is 6.40. The maximum absolute atomic E-state index is 6.40. The number of furan rings is 1. The van der Waals surface area contributed by atoms with Crippen molar-refractivity contribution in [2.24, 2.45) is 0 Å². The molecule has 2 aromatic carbocycles. The fourth-order valence-corrected chi connectivity index (χ4v) is 3.34. The molecular formula is C19H11Cl3N2O. The van der Waals surface area contributed by atoms with Crippen LogP contribution < -0.4 is 5.73 Å². The van der Waals surface area contributed by atoms with Crippen LogP contribution in [0.4, 0.5) is 5.69 Å². The van der Waals surface area contributed by atoms with Crippen LogP contribution in [0.15, 0.2) is 59.2 Å². The summed E-state index contributed by atoms with van der Waals surface area (Å²) in [6, 6.07) is 14.8. The lowest BCUT2D eigenvalue weighted by Gasteiger charge is -2.11. The monoisotopic (exact) mass is 388 g/mol. The highest BCUT2D eigenvalue weighted by atomic mass is 35.5. The number of nitrogen functional groups attached to an aromatic ring is 1. The van der Waals surface area contributed by atoms with E-state index in [1.807, 2.05) is 36.4 Å². The Morgan fingerprint density at radius 1 is 0.840 bits per heavy atom. The van der Waals surface area contributed by atoms with Crippen molar-refractivity contribution in [1.29, 1.82) is 0 Å². The molecule has 0 atom stereocenters. The van der Waals surface area contributed by atoms with Crippen LogP contribution in [-0.2, 0) is 0 Å². The van der Waals surface area contributed by atoms with Gasteiger partial charge in [-0.25, -0.2) is 4.98 Å². The van der Waals surface area contributed by atoms with Crippen molar-refractivity contribution in [3.8, 4) is 22.4 Å². The summed E-state index contributed by atoms with van der Waals surface area (Å²) < 4.78 is 5.46. The van der Waals surface area contributed by atoms with Crippen LogP contribution >= 0.6 is 34.8 Å². The number of halogens is 3. The van der Waals surface area contributed by atoms with E-state index in [2.05, 4.69) is 4.98 Å². The van der Waals surface area contributed by atoms with E-state index < -0.39 is 0 Å². The Morgan fingerprint density at radius 3 is 2.28 bits per heavy atom. The summed E-state index contributed by atoms with van der Waals surface area (Å²) in [5, 5.41) is 2.48. The third-order valence-electron chi connectivity index (χ3n) is 3.94. The molecule has 25 heavy (non-hydrogen) atoms. The Kier molecular flexibility index (Phi) is 4.08. The number of nitrogens with zero attached hydrogens (tertiary/aromatic N) is 1. The second-order valence-corrected chi connectivity index (χ2v) is 6.84. The lowest BCUT2D eigenvalue weighted by molar-refractivity contribution is 0.605. The van der Waals surface area contributed by atoms with E-state index >= 15 is 0 Å². The maximum Gasteiger partial charge on any atom is 0.228 e. The first-order valence-corrected chi connectivity index (χ1v) is 8.55. The van der Waals surface area contributed by atoms with Gasteiger partial charge in [-0.15, -0.1) is 0 Å². The third-order valence-corrected chi connectivity index (χ3v) is 4.74. The van der Waals surface area contributed by atoms with Crippen molar-refractivity contribution < 1.29 is 4.42 Å². The van der Waals surface area contributed by atoms with E-state index in [4.69, 9.17) is 45.0 Å². The summed E-state index contributed by atoms with van der Waals surface area (Å²) in [6.07, 6.45) is 1.48. The molecule has 0 bridgehead atoms. The van der Waals surface area contributed by atoms with Crippen molar-refractivity contribution in [3.05, 3.63) is 69.9 Å². The van der Waals surface area contributed by atoms with Gasteiger partial charge in [0.05, 0.1) is 21.8 Å². The minimum absolute atomic E-state index is 0.455. The second kappa shape index (κ2) is 6.26. The lowest BCUT2D eigenvalue weighted by Crippen LogP contribution is -1.92. The number of nitrogens with two attached hydrogens (primary N) is 1. The molecule has 0 amide bonds. The number of rotatable bonds is 2. The number of fused-ring (bicyclic) bond motifs is 1. The molecule has 4 rings (SSSR count). The molecule has 4 aromatic rings. The summed E-state index contributed by atoms with van der Waals surface area (Å²) >= 11 is 18.4. The Morgan fingerprint density at radius 2 is 1.56 bits per heavy atom. The van der Waals surface area contributed by atoms with Crippen molar-refractivity contribution in [2.75, 3.05) is 5.73 Å². The SMILES string of the molecule is Nc1coc2nc(-c3ccc(Cl)cc3Cl)c(-c3ccc(Cl)cc3)cc12. The largest absolute Gasteiger partial charge is 0.444 e. The quantitative estimate of drug-likeness (QED) is 0.415. The van der Waals surface area contributed by atoms with Crippen LogP contribution in [0.1, 0.15) is 0 Å². The molecule has 0 fully saturated rings. The summed E-state index contributed by atoms with van der Waals surface area (Å²) in [4.78, 5) is 4.65. The molecule has 2 N–H and O–H groups in total. The fraction of sp³-hybridized carbons (Fsp3) is 0. The van der Waals surface area contributed by atoms with Gasteiger partial charge in [0, 0.05) is 21.2 Å². The van der Waals surface area contributed by atoms with Crippen LogP contribution in [0.2, 0.25) is 15.1 Å². The van der Waals surface area contributed by atoms with Crippen molar-refractivity contribution in [2.45, 2.75) is 0 Å². The smallest absolute Gasteiger partial charge is 0.228 e. The van der Waals surface area contributed by atoms with Crippen molar-refractivity contribution >= 4 is 51.6 Å². The van der Waals surface area contributed by atoms with Gasteiger partial charge in [0.1, 0.15) is 6.26 Å². The van der Waals surface area contributed by atoms with Gasteiger partial charge < -0.3 is 10.2 Å². The second-order valence-electron chi connectivity index (χ2n) is 5.56. The molecule has 6 heteroatoms. The Hall–Kier alpha value is -2.20. The Labute approximate surface area is 158 Å². The van der Waals surface area contributed by atoms with Gasteiger partial charge in [-0.3, -0.25) is 0 Å². The average Bonchev–Trinajstić information content (AvgIpc) is 2.95. The molecule has 0 aliphatic heterocycles. The van der Waals surface area contributed by atoms with Gasteiger partial charge in [0.15, 0.2) is 0 Å². The van der Waals surface area contributed by atoms with Crippen LogP contribution in [0, 0.1) is 0 Å². The topological polar surface area (TPSA) is 52.0 Å². The highest BCUT2D eigenvalue weighted by molar-refractivity contribution is 6.36. The molecule has 2 aromatic heterocycles. The lowest BCUT2D eigenvalue weighted by atomic mass is 9.98. The summed E-state index contributed by atoms with van der Waals surface area (Å²) in [5.41, 5.74) is 10.2. The first-order valence-electron chi connectivity index (χ1n) is 7.42. The Bertz CT molecular complexity index is 1090. The molecule has 0 aliphatic rings. The molecule has 0 saturated carbocycles. The zero-order valence-electron chi connectivity index (χ0n) is 12.8. The summed E-state index contributed by atoms with van der Waals surface area (Å²) in [6.45, 7) is 0. The van der Waals surface area contributed by atoms with Gasteiger partial charge >= 0.3 is 0 Å². The van der Waals surface area contributed by atoms with Crippen molar-refractivity contribution in [3.63, 3.8) is 0 Å². The van der Waals surface area contributed by atoms with Gasteiger partial charge in [-0.1, -0.05) is 46.9 Å². The molecule has 0 radical (unpaired) electrons. The zero-order chi connectivity index (χ0) is 17.6. The minimum atomic E-state index is 0.455. The normalized spacial score (nSPS) is 11.2. The molecular weight excluding hydrogens is 379 g/mol. The zero-order valence-corrected chi connectivity index (χ0v) is 15.0. The third kappa shape index (κ3) is 2.95. The number of pyridine rings is 1. The van der Waals surface area contributed by atoms with Gasteiger partial charge in [-0.05, 0) is 42.0 Å². The number of benzene rings is 2. The molecule has 0 spiro atoms. The predicted octanol–water partition coefficient (Wildman–Crippen LogP) is 6.70. The van der Waals surface area contributed by atoms with Gasteiger partial charge in [0.2, 0.25) is 5.71 Å². The molecule has 3 nitrogen and oxygen atoms in total. The number of aromatic nitrogens is 1. The van der Waals surface area contributed by atoms with E-state index in [9.17, 15) is 0 Å². The van der Waals surface area contributed by atoms with Gasteiger partial charge in [0.25, 0.3) is 0 Å². The molecule has 0 saturated heterocycles. The van der Waals surface area contributed by atoms with Crippen LogP contribution in [-0.4, -0.2) is 4.98 Å². The molecule has 2 heterocycles. The highest BCUT2D eigenvalue weighted by Crippen LogP contribution is 2.39. The Balaban J connectivity index is 2.04. The average molecular weight is 390 g/mol. The summed E-state index contributed by atoms with van der Waals surface area (Å²) in [7, 11) is 0.